The molecule has 14 nitrogen and oxygen atoms in total. The van der Waals surface area contributed by atoms with E-state index in [1.807, 2.05) is 62.3 Å². The maximum absolute atomic E-state index is 13.8. The summed E-state index contributed by atoms with van der Waals surface area (Å²) in [6.07, 6.45) is 15.6. The van der Waals surface area contributed by atoms with E-state index in [2.05, 4.69) is 68.5 Å². The van der Waals surface area contributed by atoms with Crippen LogP contribution >= 0.6 is 0 Å². The van der Waals surface area contributed by atoms with Gasteiger partial charge in [0.15, 0.2) is 0 Å². The summed E-state index contributed by atoms with van der Waals surface area (Å²) in [6, 6.07) is 20.7. The molecule has 1 amide bonds. The van der Waals surface area contributed by atoms with Gasteiger partial charge in [0, 0.05) is 91.7 Å². The summed E-state index contributed by atoms with van der Waals surface area (Å²) >= 11 is 0. The zero-order valence-electron chi connectivity index (χ0n) is 41.3. The fourth-order valence-electron chi connectivity index (χ4n) is 10.2. The van der Waals surface area contributed by atoms with E-state index in [1.54, 1.807) is 33.7 Å². The Hall–Kier alpha value is -4.99. The third-order valence-corrected chi connectivity index (χ3v) is 14.4. The summed E-state index contributed by atoms with van der Waals surface area (Å²) in [5.41, 5.74) is 7.59. The Morgan fingerprint density at radius 1 is 0.761 bits per heavy atom. The predicted molar refractivity (Wildman–Crippen MR) is 274 cm³/mol. The van der Waals surface area contributed by atoms with Gasteiger partial charge in [0.2, 0.25) is 5.91 Å². The van der Waals surface area contributed by atoms with E-state index in [4.69, 9.17) is 18.9 Å². The molecule has 67 heavy (non-hydrogen) atoms. The lowest BCUT2D eigenvalue weighted by molar-refractivity contribution is -0.124. The van der Waals surface area contributed by atoms with Gasteiger partial charge in [0.25, 0.3) is 0 Å². The molecule has 2 aliphatic carbocycles. The standard InChI is InChI=1S/C25H32N4O3.C18H22N4O2.C8H16O.C2H6.2H2/c1-25(32-3)15-28(16-25)19-8-11-21-22(13-19)29(14-18-5-4-12-26-23(18)27-21)24(30)17-6-9-20(31-2)10-7-17;1-24-12-15-5-3-9-21(15)14-6-7-16-17(10-14)22(23)11-13-4-2-8-19-18(13)20-16;1-7-3-5-8(9-2)6-4-7;1-2;;/h4-5,8,11-13,17,20H,6-7,9-10,14-16H2,1-3H3,(H,26,27);2,4,6-8,10,15,23H,3,5,9,11-12H2,1H3,(H,19,20);7-8H,3-6H2,1-2H3;1-2H3;2*1H/t;15-;;;;/m.1..../s1. The first-order valence-corrected chi connectivity index (χ1v) is 24.7. The van der Waals surface area contributed by atoms with Gasteiger partial charge >= 0.3 is 0 Å². The third-order valence-electron chi connectivity index (χ3n) is 14.4. The zero-order chi connectivity index (χ0) is 47.5. The van der Waals surface area contributed by atoms with E-state index in [0.717, 1.165) is 121 Å². The van der Waals surface area contributed by atoms with Crippen molar-refractivity contribution in [2.75, 3.05) is 85.1 Å². The lowest BCUT2D eigenvalue weighted by Crippen LogP contribution is -2.61. The molecule has 2 aromatic carbocycles. The average Bonchev–Trinajstić information content (AvgIpc) is 3.69. The molecule has 2 saturated carbocycles. The van der Waals surface area contributed by atoms with Crippen LogP contribution in [-0.4, -0.2) is 99.6 Å². The summed E-state index contributed by atoms with van der Waals surface area (Å²) in [4.78, 5) is 29.3. The number of aromatic nitrogens is 2. The minimum absolute atomic E-state index is 0. The monoisotopic (exact) mass is 925 g/mol. The smallest absolute Gasteiger partial charge is 0.230 e. The van der Waals surface area contributed by atoms with E-state index >= 15 is 0 Å². The van der Waals surface area contributed by atoms with Gasteiger partial charge in [0.1, 0.15) is 11.6 Å². The van der Waals surface area contributed by atoms with Gasteiger partial charge < -0.3 is 44.3 Å². The van der Waals surface area contributed by atoms with Crippen molar-refractivity contribution >= 4 is 51.7 Å². The molecule has 2 saturated heterocycles. The van der Waals surface area contributed by atoms with Crippen LogP contribution in [0.5, 0.6) is 0 Å². The molecule has 0 spiro atoms. The van der Waals surface area contributed by atoms with Crippen LogP contribution in [0.15, 0.2) is 73.1 Å². The number of ether oxygens (including phenoxy) is 4. The number of methoxy groups -OCH3 is 4. The maximum Gasteiger partial charge on any atom is 0.230 e. The highest BCUT2D eigenvalue weighted by atomic mass is 16.5. The minimum Gasteiger partial charge on any atom is -0.383 e. The first kappa shape index (κ1) is 49.9. The fourth-order valence-corrected chi connectivity index (χ4v) is 10.2. The number of carbonyl (C=O) groups is 1. The van der Waals surface area contributed by atoms with Gasteiger partial charge in [-0.15, -0.1) is 0 Å². The Kier molecular flexibility index (Phi) is 17.4. The van der Waals surface area contributed by atoms with Crippen molar-refractivity contribution in [2.24, 2.45) is 11.8 Å². The third kappa shape index (κ3) is 12.0. The van der Waals surface area contributed by atoms with Crippen molar-refractivity contribution in [1.29, 1.82) is 0 Å². The van der Waals surface area contributed by atoms with Crippen LogP contribution in [0.1, 0.15) is 106 Å². The molecule has 14 heteroatoms. The van der Waals surface area contributed by atoms with Crippen LogP contribution in [0, 0.1) is 11.8 Å². The fraction of sp³-hybridized carbons (Fsp3) is 0.566. The van der Waals surface area contributed by atoms with Crippen LogP contribution in [0.25, 0.3) is 0 Å². The molecule has 4 aromatic rings. The quantitative estimate of drug-likeness (QED) is 0.155. The summed E-state index contributed by atoms with van der Waals surface area (Å²) in [5.74, 6) is 2.77. The number of rotatable bonds is 8. The highest BCUT2D eigenvalue weighted by molar-refractivity contribution is 6.00. The molecule has 4 fully saturated rings. The van der Waals surface area contributed by atoms with Gasteiger partial charge in [-0.25, -0.2) is 9.97 Å². The van der Waals surface area contributed by atoms with E-state index < -0.39 is 0 Å². The second-order valence-corrected chi connectivity index (χ2v) is 18.9. The van der Waals surface area contributed by atoms with Crippen molar-refractivity contribution in [2.45, 2.75) is 129 Å². The molecule has 2 aromatic heterocycles. The van der Waals surface area contributed by atoms with Crippen molar-refractivity contribution in [3.8, 4) is 0 Å². The van der Waals surface area contributed by atoms with E-state index in [0.29, 0.717) is 25.2 Å². The van der Waals surface area contributed by atoms with Crippen molar-refractivity contribution < 1.29 is 31.8 Å². The molecule has 6 heterocycles. The largest absolute Gasteiger partial charge is 0.383 e. The Morgan fingerprint density at radius 3 is 1.93 bits per heavy atom. The lowest BCUT2D eigenvalue weighted by Gasteiger charge is -2.48. The number of benzene rings is 2. The molecule has 4 aliphatic heterocycles. The number of nitrogens with one attached hydrogen (secondary N) is 2. The van der Waals surface area contributed by atoms with E-state index in [9.17, 15) is 10.0 Å². The first-order chi connectivity index (χ1) is 32.6. The van der Waals surface area contributed by atoms with Crippen LogP contribution in [0.2, 0.25) is 0 Å². The Bertz CT molecular complexity index is 2220. The average molecular weight is 925 g/mol. The lowest BCUT2D eigenvalue weighted by atomic mass is 9.86. The number of hydroxylamine groups is 1. The molecule has 368 valence electrons. The molecule has 0 unspecified atom stereocenters. The summed E-state index contributed by atoms with van der Waals surface area (Å²) in [7, 11) is 7.10. The molecule has 0 radical (unpaired) electrons. The zero-order valence-corrected chi connectivity index (χ0v) is 41.3. The number of nitrogens with zero attached hydrogens (tertiary/aromatic N) is 6. The van der Waals surface area contributed by atoms with Gasteiger partial charge in [-0.1, -0.05) is 32.9 Å². The van der Waals surface area contributed by atoms with Crippen LogP contribution in [-0.2, 0) is 36.8 Å². The van der Waals surface area contributed by atoms with E-state index in [1.165, 1.54) is 37.2 Å². The van der Waals surface area contributed by atoms with Crippen molar-refractivity contribution in [3.63, 3.8) is 0 Å². The predicted octanol–water partition coefficient (Wildman–Crippen LogP) is 11.0. The van der Waals surface area contributed by atoms with E-state index in [-0.39, 0.29) is 26.4 Å². The molecule has 1 atom stereocenters. The number of amides is 1. The normalized spacial score (nSPS) is 23.4. The number of anilines is 8. The van der Waals surface area contributed by atoms with Gasteiger partial charge in [-0.2, -0.15) is 0 Å². The van der Waals surface area contributed by atoms with Crippen LogP contribution < -0.4 is 30.4 Å². The summed E-state index contributed by atoms with van der Waals surface area (Å²) in [6.45, 7) is 12.8. The molecule has 6 aliphatic rings. The Labute approximate surface area is 402 Å². The first-order valence-electron chi connectivity index (χ1n) is 24.7. The molecule has 3 N–H and O–H groups in total. The minimum atomic E-state index is -0.110. The summed E-state index contributed by atoms with van der Waals surface area (Å²) in [5, 5.41) is 18.6. The second-order valence-electron chi connectivity index (χ2n) is 18.9. The number of fused-ring (bicyclic) bond motifs is 4. The van der Waals surface area contributed by atoms with Crippen LogP contribution in [0.3, 0.4) is 0 Å². The molecular formula is C53H80N8O6. The topological polar surface area (TPSA) is 137 Å². The number of hydrogen-bond donors (Lipinski definition) is 3. The van der Waals surface area contributed by atoms with Crippen LogP contribution in [0.4, 0.5) is 45.8 Å². The Morgan fingerprint density at radius 2 is 1.33 bits per heavy atom. The SMILES string of the molecule is CC.COC1CCC(C(=O)N2Cc3cccnc3Nc3ccc(N4CC(C)(OC)C4)cc32)CC1.COC1CCC(C)CC1.COC[C@H]1CCCN1c1ccc2c(c1)N(O)Cc1cccnc1N2.[HH].[HH]. The molecular weight excluding hydrogens is 845 g/mol. The van der Waals surface area contributed by atoms with Gasteiger partial charge in [0.05, 0.1) is 66.3 Å². The highest BCUT2D eigenvalue weighted by Gasteiger charge is 2.40. The van der Waals surface area contributed by atoms with Crippen molar-refractivity contribution in [1.82, 2.24) is 9.97 Å². The summed E-state index contributed by atoms with van der Waals surface area (Å²) < 4.78 is 21.7. The maximum atomic E-state index is 13.8. The number of carbonyl (C=O) groups excluding carboxylic acids is 1. The Balaban J connectivity index is 0.000000211. The highest BCUT2D eigenvalue weighted by Crippen LogP contribution is 2.42. The van der Waals surface area contributed by atoms with Gasteiger partial charge in [-0.3, -0.25) is 15.1 Å². The molecule has 0 bridgehead atoms. The number of hydrogen-bond acceptors (Lipinski definition) is 13. The van der Waals surface area contributed by atoms with Crippen molar-refractivity contribution in [3.05, 3.63) is 84.2 Å². The second kappa shape index (κ2) is 23.3. The number of pyridine rings is 2. The van der Waals surface area contributed by atoms with Gasteiger partial charge in [-0.05, 0) is 126 Å². The molecule has 10 rings (SSSR count).